The minimum Gasteiger partial charge on any atom is -0.481 e. The van der Waals surface area contributed by atoms with Crippen molar-refractivity contribution in [1.82, 2.24) is 9.55 Å². The van der Waals surface area contributed by atoms with Crippen LogP contribution in [0, 0.1) is 11.8 Å². The summed E-state index contributed by atoms with van der Waals surface area (Å²) < 4.78 is 2.32. The lowest BCUT2D eigenvalue weighted by atomic mass is 9.79. The van der Waals surface area contributed by atoms with E-state index in [1.165, 1.54) is 30.3 Å². The van der Waals surface area contributed by atoms with Crippen molar-refractivity contribution in [1.29, 1.82) is 0 Å². The van der Waals surface area contributed by atoms with Gasteiger partial charge in [0.1, 0.15) is 0 Å². The highest BCUT2D eigenvalue weighted by Crippen LogP contribution is 2.39. The number of aromatic nitrogens is 2. The van der Waals surface area contributed by atoms with E-state index in [1.807, 2.05) is 6.20 Å². The molecule has 21 heavy (non-hydrogen) atoms. The summed E-state index contributed by atoms with van der Waals surface area (Å²) in [6.45, 7) is 9.01. The van der Waals surface area contributed by atoms with Gasteiger partial charge in [0.25, 0.3) is 0 Å². The van der Waals surface area contributed by atoms with Gasteiger partial charge in [-0.3, -0.25) is 4.79 Å². The Labute approximate surface area is 131 Å². The summed E-state index contributed by atoms with van der Waals surface area (Å²) in [7, 11) is 0. The molecule has 3 atom stereocenters. The molecule has 1 heterocycles. The van der Waals surface area contributed by atoms with E-state index in [0.29, 0.717) is 17.9 Å². The van der Waals surface area contributed by atoms with Crippen LogP contribution in [0.15, 0.2) is 11.4 Å². The summed E-state index contributed by atoms with van der Waals surface area (Å²) in [6, 6.07) is 0.465. The second-order valence-corrected chi connectivity index (χ2v) is 7.54. The summed E-state index contributed by atoms with van der Waals surface area (Å²) in [6.07, 6.45) is 5.50. The summed E-state index contributed by atoms with van der Waals surface area (Å²) in [5, 5.41) is 9.78. The van der Waals surface area contributed by atoms with E-state index >= 15 is 0 Å². The van der Waals surface area contributed by atoms with Crippen LogP contribution in [0.4, 0.5) is 0 Å². The molecule has 2 rings (SSSR count). The Morgan fingerprint density at radius 3 is 2.71 bits per heavy atom. The van der Waals surface area contributed by atoms with Gasteiger partial charge in [0, 0.05) is 17.9 Å². The van der Waals surface area contributed by atoms with Gasteiger partial charge in [-0.15, -0.1) is 0 Å². The first-order valence-corrected chi connectivity index (χ1v) is 8.80. The molecule has 0 aliphatic heterocycles. The van der Waals surface area contributed by atoms with Gasteiger partial charge in [-0.05, 0) is 37.0 Å². The summed E-state index contributed by atoms with van der Waals surface area (Å²) in [4.78, 5) is 15.3. The second-order valence-electron chi connectivity index (χ2n) is 6.59. The number of carboxylic acids is 1. The fourth-order valence-electron chi connectivity index (χ4n) is 3.14. The third-order valence-corrected chi connectivity index (χ3v) is 5.60. The Hall–Kier alpha value is -0.970. The van der Waals surface area contributed by atoms with Crippen molar-refractivity contribution < 1.29 is 9.90 Å². The quantitative estimate of drug-likeness (QED) is 0.829. The van der Waals surface area contributed by atoms with Crippen molar-refractivity contribution in [2.24, 2.45) is 11.8 Å². The van der Waals surface area contributed by atoms with Gasteiger partial charge in [-0.1, -0.05) is 39.5 Å². The summed E-state index contributed by atoms with van der Waals surface area (Å²) in [5.41, 5.74) is 1.23. The Kier molecular flexibility index (Phi) is 5.36. The predicted octanol–water partition coefficient (Wildman–Crippen LogP) is 4.18. The molecule has 1 aliphatic carbocycles. The fraction of sp³-hybridized carbons (Fsp3) is 0.750. The third-order valence-electron chi connectivity index (χ3n) is 4.64. The molecule has 1 N–H and O–H groups in total. The zero-order valence-corrected chi connectivity index (χ0v) is 14.2. The lowest BCUT2D eigenvalue weighted by Gasteiger charge is -2.34. The van der Waals surface area contributed by atoms with Gasteiger partial charge in [0.2, 0.25) is 0 Å². The summed E-state index contributed by atoms with van der Waals surface area (Å²) in [5.74, 6) is 1.19. The van der Waals surface area contributed by atoms with Crippen LogP contribution in [-0.2, 0) is 4.79 Å². The molecule has 0 amide bonds. The van der Waals surface area contributed by atoms with Crippen molar-refractivity contribution >= 4 is 17.7 Å². The van der Waals surface area contributed by atoms with Crippen LogP contribution in [0.25, 0.3) is 0 Å². The number of carboxylic acid groups (broad SMARTS) is 1. The zero-order chi connectivity index (χ0) is 15.6. The molecule has 1 saturated carbocycles. The third kappa shape index (κ3) is 3.82. The van der Waals surface area contributed by atoms with Crippen LogP contribution in [0.1, 0.15) is 64.6 Å². The molecule has 0 saturated heterocycles. The highest BCUT2D eigenvalue weighted by Gasteiger charge is 2.29. The molecule has 0 bridgehead atoms. The smallest absolute Gasteiger partial charge is 0.313 e. The van der Waals surface area contributed by atoms with Gasteiger partial charge in [-0.2, -0.15) is 0 Å². The number of hydrogen-bond donors (Lipinski definition) is 1. The van der Waals surface area contributed by atoms with E-state index in [1.54, 1.807) is 0 Å². The Morgan fingerprint density at radius 2 is 2.14 bits per heavy atom. The van der Waals surface area contributed by atoms with Crippen LogP contribution in [0.5, 0.6) is 0 Å². The first-order valence-electron chi connectivity index (χ1n) is 7.81. The first-order chi connectivity index (χ1) is 9.90. The maximum absolute atomic E-state index is 10.8. The topological polar surface area (TPSA) is 55.1 Å². The van der Waals surface area contributed by atoms with Crippen molar-refractivity contribution in [2.45, 2.75) is 64.1 Å². The number of hydrogen-bond acceptors (Lipinski definition) is 3. The van der Waals surface area contributed by atoms with Gasteiger partial charge < -0.3 is 9.67 Å². The molecular weight excluding hydrogens is 284 g/mol. The maximum atomic E-state index is 10.8. The van der Waals surface area contributed by atoms with E-state index in [-0.39, 0.29) is 5.75 Å². The molecular formula is C16H26N2O2S. The molecule has 1 aromatic heterocycles. The monoisotopic (exact) mass is 310 g/mol. The largest absolute Gasteiger partial charge is 0.481 e. The molecule has 1 aliphatic rings. The van der Waals surface area contributed by atoms with E-state index in [0.717, 1.165) is 17.5 Å². The Morgan fingerprint density at radius 1 is 1.43 bits per heavy atom. The van der Waals surface area contributed by atoms with Crippen molar-refractivity contribution in [3.63, 3.8) is 0 Å². The van der Waals surface area contributed by atoms with Gasteiger partial charge in [0.05, 0.1) is 5.75 Å². The molecule has 0 spiro atoms. The van der Waals surface area contributed by atoms with Gasteiger partial charge in [0.15, 0.2) is 5.16 Å². The van der Waals surface area contributed by atoms with Crippen molar-refractivity contribution in [2.75, 3.05) is 5.75 Å². The zero-order valence-electron chi connectivity index (χ0n) is 13.4. The standard InChI is InChI=1S/C16H26N2O2S/c1-10(2)14-8-17-16(21-9-15(19)20)18(14)13-6-5-11(3)12(4)7-13/h8,10-13H,5-7,9H2,1-4H3,(H,19,20). The lowest BCUT2D eigenvalue weighted by molar-refractivity contribution is -0.133. The number of imidazole rings is 1. The van der Waals surface area contributed by atoms with E-state index in [9.17, 15) is 4.79 Å². The Balaban J connectivity index is 2.26. The number of thioether (sulfide) groups is 1. The summed E-state index contributed by atoms with van der Waals surface area (Å²) >= 11 is 1.34. The number of rotatable bonds is 5. The average Bonchev–Trinajstić information content (AvgIpc) is 2.83. The minimum atomic E-state index is -0.786. The van der Waals surface area contributed by atoms with E-state index in [2.05, 4.69) is 37.2 Å². The van der Waals surface area contributed by atoms with Crippen molar-refractivity contribution in [3.05, 3.63) is 11.9 Å². The van der Waals surface area contributed by atoms with Crippen LogP contribution in [-0.4, -0.2) is 26.4 Å². The molecule has 3 unspecified atom stereocenters. The molecule has 0 radical (unpaired) electrons. The molecule has 4 nitrogen and oxygen atoms in total. The lowest BCUT2D eigenvalue weighted by Crippen LogP contribution is -2.25. The van der Waals surface area contributed by atoms with Crippen LogP contribution in [0.2, 0.25) is 0 Å². The highest BCUT2D eigenvalue weighted by molar-refractivity contribution is 7.99. The average molecular weight is 310 g/mol. The van der Waals surface area contributed by atoms with E-state index < -0.39 is 5.97 Å². The first kappa shape index (κ1) is 16.4. The second kappa shape index (κ2) is 6.86. The predicted molar refractivity (Wildman–Crippen MR) is 85.9 cm³/mol. The van der Waals surface area contributed by atoms with Crippen molar-refractivity contribution in [3.8, 4) is 0 Å². The minimum absolute atomic E-state index is 0.0766. The van der Waals surface area contributed by atoms with Gasteiger partial charge in [-0.25, -0.2) is 4.98 Å². The van der Waals surface area contributed by atoms with Crippen LogP contribution >= 0.6 is 11.8 Å². The molecule has 1 aromatic rings. The highest BCUT2D eigenvalue weighted by atomic mass is 32.2. The molecule has 5 heteroatoms. The Bertz CT molecular complexity index is 498. The maximum Gasteiger partial charge on any atom is 0.313 e. The molecule has 118 valence electrons. The van der Waals surface area contributed by atoms with Crippen LogP contribution < -0.4 is 0 Å². The number of nitrogens with zero attached hydrogens (tertiary/aromatic N) is 2. The normalized spacial score (nSPS) is 26.2. The van der Waals surface area contributed by atoms with Gasteiger partial charge >= 0.3 is 5.97 Å². The van der Waals surface area contributed by atoms with Crippen LogP contribution in [0.3, 0.4) is 0 Å². The van der Waals surface area contributed by atoms with E-state index in [4.69, 9.17) is 5.11 Å². The number of carbonyl (C=O) groups is 1. The number of aliphatic carboxylic acids is 1. The SMILES string of the molecule is CC(C)c1cnc(SCC(=O)O)n1C1CCC(C)C(C)C1. The molecule has 1 fully saturated rings. The fourth-order valence-corrected chi connectivity index (χ4v) is 3.91. The molecule has 0 aromatic carbocycles.